The largest absolute Gasteiger partial charge is 0.465 e. The SMILES string of the molecule is C/C=C\[C@H](C=O)C1(N[C@@H]2C[C@H](C)[C@H](C/C=C(C)/C=C/[C@@H]3C[C@]4(CO4)C[C@@H](CC(N)=O)O3)O[C@@H]2C)CN(C(=O)O)CCN1C. The van der Waals surface area contributed by atoms with E-state index in [1.807, 2.05) is 39.1 Å². The standard InChI is InChI=1S/C32H50N4O7/c1-6-7-24(18-37)32(19-36(30(39)40)13-12-35(32)5)34-27-14-22(3)28(42-23(27)4)11-9-21(2)8-10-25-16-31(20-41-31)17-26(43-25)15-29(33)38/h6-10,18,22-28,34H,11-17,19-20H2,1-5H3,(H2,33,38)(H,39,40)/b7-6-,10-8+,21-9+/t22-,23+,24+,25+,26+,27+,28-,31+,32?/m0/s1. The first-order chi connectivity index (χ1) is 20.4. The van der Waals surface area contributed by atoms with Crippen molar-refractivity contribution in [1.82, 2.24) is 15.1 Å². The summed E-state index contributed by atoms with van der Waals surface area (Å²) in [6, 6.07) is -0.0612. The number of hydrogen-bond acceptors (Lipinski definition) is 8. The van der Waals surface area contributed by atoms with Crippen LogP contribution in [0.2, 0.25) is 0 Å². The van der Waals surface area contributed by atoms with Gasteiger partial charge < -0.3 is 34.7 Å². The fourth-order valence-electron chi connectivity index (χ4n) is 6.93. The second-order valence-electron chi connectivity index (χ2n) is 13.0. The Balaban J connectivity index is 1.38. The maximum Gasteiger partial charge on any atom is 0.407 e. The minimum absolute atomic E-state index is 0.0263. The average Bonchev–Trinajstić information content (AvgIpc) is 3.69. The van der Waals surface area contributed by atoms with Crippen molar-refractivity contribution in [2.75, 3.05) is 33.3 Å². The van der Waals surface area contributed by atoms with Crippen molar-refractivity contribution in [2.24, 2.45) is 17.6 Å². The monoisotopic (exact) mass is 602 g/mol. The number of allylic oxidation sites excluding steroid dienone is 3. The fourth-order valence-corrected chi connectivity index (χ4v) is 6.93. The first kappa shape index (κ1) is 33.3. The van der Waals surface area contributed by atoms with Crippen LogP contribution in [0.4, 0.5) is 4.79 Å². The molecule has 4 aliphatic heterocycles. The van der Waals surface area contributed by atoms with E-state index in [4.69, 9.17) is 19.9 Å². The Morgan fingerprint density at radius 3 is 2.58 bits per heavy atom. The van der Waals surface area contributed by atoms with E-state index in [-0.39, 0.29) is 60.8 Å². The summed E-state index contributed by atoms with van der Waals surface area (Å²) in [5, 5.41) is 13.5. The molecule has 4 rings (SSSR count). The molecule has 240 valence electrons. The summed E-state index contributed by atoms with van der Waals surface area (Å²) in [6.45, 7) is 9.95. The number of nitrogens with two attached hydrogens (primary N) is 1. The highest BCUT2D eigenvalue weighted by molar-refractivity contribution is 5.74. The Morgan fingerprint density at radius 2 is 1.95 bits per heavy atom. The number of piperazine rings is 1. The molecule has 4 heterocycles. The van der Waals surface area contributed by atoms with Crippen LogP contribution in [-0.4, -0.2) is 108 Å². The summed E-state index contributed by atoms with van der Waals surface area (Å²) in [4.78, 5) is 39.1. The molecule has 0 saturated carbocycles. The second-order valence-corrected chi connectivity index (χ2v) is 13.0. The van der Waals surface area contributed by atoms with Gasteiger partial charge in [-0.15, -0.1) is 0 Å². The van der Waals surface area contributed by atoms with Gasteiger partial charge in [0.1, 0.15) is 11.9 Å². The number of amides is 2. The van der Waals surface area contributed by atoms with Gasteiger partial charge in [0.2, 0.25) is 5.91 Å². The Morgan fingerprint density at radius 1 is 1.21 bits per heavy atom. The van der Waals surface area contributed by atoms with Gasteiger partial charge in [0.05, 0.1) is 55.5 Å². The molecule has 43 heavy (non-hydrogen) atoms. The van der Waals surface area contributed by atoms with E-state index < -0.39 is 17.7 Å². The van der Waals surface area contributed by atoms with Crippen LogP contribution in [0.3, 0.4) is 0 Å². The molecule has 9 atom stereocenters. The van der Waals surface area contributed by atoms with Crippen LogP contribution >= 0.6 is 0 Å². The zero-order chi connectivity index (χ0) is 31.4. The van der Waals surface area contributed by atoms with Crippen LogP contribution in [-0.2, 0) is 23.8 Å². The first-order valence-corrected chi connectivity index (χ1v) is 15.5. The number of carboxylic acid groups (broad SMARTS) is 1. The quantitative estimate of drug-likeness (QED) is 0.141. The molecular weight excluding hydrogens is 552 g/mol. The second kappa shape index (κ2) is 14.0. The summed E-state index contributed by atoms with van der Waals surface area (Å²) in [5.74, 6) is -0.648. The highest BCUT2D eigenvalue weighted by Crippen LogP contribution is 2.43. The number of epoxide rings is 1. The number of hydrogen-bond donors (Lipinski definition) is 3. The number of carbonyl (C=O) groups is 3. The van der Waals surface area contributed by atoms with E-state index in [0.717, 1.165) is 31.1 Å². The highest BCUT2D eigenvalue weighted by Gasteiger charge is 2.52. The van der Waals surface area contributed by atoms with Crippen LogP contribution < -0.4 is 11.1 Å². The normalized spacial score (nSPS) is 38.1. The minimum atomic E-state index is -0.983. The molecule has 0 aromatic rings. The lowest BCUT2D eigenvalue weighted by atomic mass is 9.83. The summed E-state index contributed by atoms with van der Waals surface area (Å²) in [5.41, 5.74) is 5.46. The fraction of sp³-hybridized carbons (Fsp3) is 0.719. The molecule has 0 aromatic heterocycles. The molecule has 2 amide bonds. The highest BCUT2D eigenvalue weighted by atomic mass is 16.6. The van der Waals surface area contributed by atoms with E-state index in [1.54, 1.807) is 0 Å². The van der Waals surface area contributed by atoms with Gasteiger partial charge in [0.15, 0.2) is 0 Å². The van der Waals surface area contributed by atoms with Gasteiger partial charge in [-0.1, -0.05) is 42.9 Å². The number of rotatable bonds is 11. The predicted octanol–water partition coefficient (Wildman–Crippen LogP) is 2.86. The van der Waals surface area contributed by atoms with Gasteiger partial charge in [-0.2, -0.15) is 0 Å². The molecule has 4 fully saturated rings. The summed E-state index contributed by atoms with van der Waals surface area (Å²) in [7, 11) is 1.95. The van der Waals surface area contributed by atoms with Crippen molar-refractivity contribution >= 4 is 18.3 Å². The average molecular weight is 603 g/mol. The van der Waals surface area contributed by atoms with Gasteiger partial charge in [0.25, 0.3) is 0 Å². The van der Waals surface area contributed by atoms with Crippen LogP contribution in [0.25, 0.3) is 0 Å². The molecule has 4 N–H and O–H groups in total. The number of primary amides is 1. The third-order valence-corrected chi connectivity index (χ3v) is 9.61. The molecule has 0 bridgehead atoms. The maximum absolute atomic E-state index is 12.3. The van der Waals surface area contributed by atoms with Crippen LogP contribution in [0, 0.1) is 11.8 Å². The molecule has 1 spiro atoms. The molecule has 11 nitrogen and oxygen atoms in total. The zero-order valence-electron chi connectivity index (χ0n) is 26.2. The van der Waals surface area contributed by atoms with Gasteiger partial charge in [-0.25, -0.2) is 4.79 Å². The topological polar surface area (TPSA) is 147 Å². The smallest absolute Gasteiger partial charge is 0.407 e. The Bertz CT molecular complexity index is 1110. The van der Waals surface area contributed by atoms with Crippen molar-refractivity contribution in [3.8, 4) is 0 Å². The van der Waals surface area contributed by atoms with E-state index in [1.165, 1.54) is 4.90 Å². The molecule has 1 unspecified atom stereocenters. The number of nitrogens with one attached hydrogen (secondary N) is 1. The predicted molar refractivity (Wildman–Crippen MR) is 162 cm³/mol. The number of nitrogens with zero attached hydrogens (tertiary/aromatic N) is 2. The van der Waals surface area contributed by atoms with Crippen molar-refractivity contribution in [3.63, 3.8) is 0 Å². The number of carbonyl (C=O) groups excluding carboxylic acids is 2. The molecule has 4 saturated heterocycles. The summed E-state index contributed by atoms with van der Waals surface area (Å²) in [6.07, 6.45) is 12.7. The van der Waals surface area contributed by atoms with Crippen molar-refractivity contribution in [2.45, 2.75) is 102 Å². The van der Waals surface area contributed by atoms with Gasteiger partial charge >= 0.3 is 6.09 Å². The maximum atomic E-state index is 12.3. The van der Waals surface area contributed by atoms with Crippen LogP contribution in [0.15, 0.2) is 36.0 Å². The summed E-state index contributed by atoms with van der Waals surface area (Å²) < 4.78 is 18.3. The molecule has 4 aliphatic rings. The zero-order valence-corrected chi connectivity index (χ0v) is 26.2. The third-order valence-electron chi connectivity index (χ3n) is 9.61. The van der Waals surface area contributed by atoms with E-state index >= 15 is 0 Å². The lowest BCUT2D eigenvalue weighted by molar-refractivity contribution is -0.127. The lowest BCUT2D eigenvalue weighted by Gasteiger charge is -2.54. The van der Waals surface area contributed by atoms with E-state index in [0.29, 0.717) is 26.1 Å². The van der Waals surface area contributed by atoms with Gasteiger partial charge in [-0.05, 0) is 46.6 Å². The number of likely N-dealkylation sites (N-methyl/N-ethyl adjacent to an activating group) is 1. The molecule has 0 aliphatic carbocycles. The van der Waals surface area contributed by atoms with Crippen molar-refractivity contribution < 1.29 is 33.7 Å². The van der Waals surface area contributed by atoms with Gasteiger partial charge in [0, 0.05) is 32.0 Å². The van der Waals surface area contributed by atoms with Crippen LogP contribution in [0.5, 0.6) is 0 Å². The third kappa shape index (κ3) is 8.13. The van der Waals surface area contributed by atoms with Crippen molar-refractivity contribution in [1.29, 1.82) is 0 Å². The van der Waals surface area contributed by atoms with Gasteiger partial charge in [-0.3, -0.25) is 15.0 Å². The van der Waals surface area contributed by atoms with E-state index in [2.05, 4.69) is 36.2 Å². The Labute approximate surface area is 255 Å². The molecule has 11 heteroatoms. The van der Waals surface area contributed by atoms with E-state index in [9.17, 15) is 19.5 Å². The lowest BCUT2D eigenvalue weighted by Crippen LogP contribution is -2.74. The van der Waals surface area contributed by atoms with Crippen molar-refractivity contribution in [3.05, 3.63) is 36.0 Å². The molecule has 0 aromatic carbocycles. The Kier molecular flexibility index (Phi) is 10.9. The number of ether oxygens (including phenoxy) is 3. The minimum Gasteiger partial charge on any atom is -0.465 e. The molecular formula is C32H50N4O7. The molecule has 0 radical (unpaired) electrons. The number of aldehydes is 1. The summed E-state index contributed by atoms with van der Waals surface area (Å²) >= 11 is 0. The first-order valence-electron chi connectivity index (χ1n) is 15.5. The Hall–Kier alpha value is -2.57. The van der Waals surface area contributed by atoms with Crippen LogP contribution in [0.1, 0.15) is 59.8 Å².